The van der Waals surface area contributed by atoms with Crippen LogP contribution in [0.25, 0.3) is 44.7 Å². The molecule has 0 unspecified atom stereocenters. The van der Waals surface area contributed by atoms with Crippen molar-refractivity contribution in [1.82, 2.24) is 14.1 Å². The Morgan fingerprint density at radius 2 is 1.22 bits per heavy atom. The molecule has 6 heteroatoms. The van der Waals surface area contributed by atoms with Gasteiger partial charge in [-0.2, -0.15) is 0 Å². The van der Waals surface area contributed by atoms with Crippen molar-refractivity contribution in [2.75, 3.05) is 11.4 Å². The molecule has 3 heterocycles. The van der Waals surface area contributed by atoms with Crippen molar-refractivity contribution in [2.24, 2.45) is 0 Å². The third kappa shape index (κ3) is 7.54. The van der Waals surface area contributed by atoms with Crippen molar-refractivity contribution in [2.45, 2.75) is 65.2 Å². The maximum atomic E-state index is 6.63. The molecule has 0 bridgehead atoms. The number of rotatable bonds is 7. The molecule has 9 rings (SSSR count). The van der Waals surface area contributed by atoms with E-state index in [4.69, 9.17) is 9.72 Å². The van der Waals surface area contributed by atoms with E-state index in [0.29, 0.717) is 11.5 Å². The van der Waals surface area contributed by atoms with Gasteiger partial charge in [0.15, 0.2) is 0 Å². The number of hydrogen-bond acceptors (Lipinski definition) is 3. The third-order valence-corrected chi connectivity index (χ3v) is 12.3. The molecule has 2 aromatic heterocycles. The average molecular weight is 952 g/mol. The van der Waals surface area contributed by atoms with Gasteiger partial charge in [-0.3, -0.25) is 0 Å². The molecule has 1 aliphatic rings. The van der Waals surface area contributed by atoms with Gasteiger partial charge in [-0.15, -0.1) is 0 Å². The van der Waals surface area contributed by atoms with Gasteiger partial charge in [0.2, 0.25) is 0 Å². The van der Waals surface area contributed by atoms with Crippen LogP contribution >= 0.6 is 0 Å². The van der Waals surface area contributed by atoms with Gasteiger partial charge in [0, 0.05) is 6.20 Å². The summed E-state index contributed by atoms with van der Waals surface area (Å²) in [5, 5.41) is 0. The Kier molecular flexibility index (Phi) is 10.1. The number of hydrogen-bond donors (Lipinski definition) is 0. The Morgan fingerprint density at radius 3 is 1.86 bits per heavy atom. The molecule has 0 aliphatic carbocycles. The number of benzene rings is 6. The standard InChI is InChI=1S/C53H48N4O.Pt/c1-52(2,3)40-28-29-54-50(33-40)55-30-16-21-39-26-27-44(35-49(39)55)58-43-23-15-22-42(34-43)56-36-57(48-25-14-13-24-47(48)56)51-45(37-17-9-7-10-18-37)31-41(53(4,5)6)32-46(51)38-19-11-8-12-20-38;/h7-15,17-20,22-29,31-33H,16,21,30H2,1-6H3;/q-2;. The summed E-state index contributed by atoms with van der Waals surface area (Å²) in [4.78, 5) is 7.09. The van der Waals surface area contributed by atoms with E-state index in [2.05, 4.69) is 208 Å². The fourth-order valence-electron chi connectivity index (χ4n) is 8.08. The molecule has 8 aromatic rings. The Labute approximate surface area is 359 Å². The first-order valence-corrected chi connectivity index (χ1v) is 21.6. The van der Waals surface area contributed by atoms with Crippen molar-refractivity contribution >= 4 is 22.5 Å². The van der Waals surface area contributed by atoms with Gasteiger partial charge in [0.05, 0.1) is 0 Å². The number of nitrogens with zero attached hydrogens (tertiary/aromatic N) is 4. The van der Waals surface area contributed by atoms with E-state index in [9.17, 15) is 0 Å². The molecule has 0 saturated carbocycles. The molecule has 1 aliphatic heterocycles. The summed E-state index contributed by atoms with van der Waals surface area (Å²) >= 11 is 2.50. The van der Waals surface area contributed by atoms with Crippen LogP contribution in [0.15, 0.2) is 146 Å². The Morgan fingerprint density at radius 1 is 0.610 bits per heavy atom. The molecule has 6 aromatic carbocycles. The molecule has 0 saturated heterocycles. The van der Waals surface area contributed by atoms with Crippen LogP contribution in [0.5, 0.6) is 11.5 Å². The van der Waals surface area contributed by atoms with Crippen LogP contribution in [-0.4, -0.2) is 20.7 Å². The molecular weight excluding hydrogens is 904 g/mol. The fraction of sp³-hybridized carbons (Fsp3) is 0.208. The number of para-hydroxylation sites is 2. The number of aromatic nitrogens is 3. The van der Waals surface area contributed by atoms with Gasteiger partial charge < -0.3 is 0 Å². The summed E-state index contributed by atoms with van der Waals surface area (Å²) in [6.07, 6.45) is 3.98. The van der Waals surface area contributed by atoms with Crippen LogP contribution in [0.4, 0.5) is 11.5 Å². The fourth-order valence-corrected chi connectivity index (χ4v) is 9.15. The number of imidazole rings is 1. The molecule has 5 nitrogen and oxygen atoms in total. The summed E-state index contributed by atoms with van der Waals surface area (Å²) in [6, 6.07) is 56.9. The molecule has 0 N–H and O–H groups in total. The van der Waals surface area contributed by atoms with E-state index < -0.39 is 0 Å². The molecule has 59 heavy (non-hydrogen) atoms. The minimum absolute atomic E-state index is 0.0270. The summed E-state index contributed by atoms with van der Waals surface area (Å²) in [5.74, 6) is 2.22. The van der Waals surface area contributed by atoms with Gasteiger partial charge in [0.1, 0.15) is 0 Å². The average Bonchev–Trinajstić information content (AvgIpc) is 3.54. The Hall–Kier alpha value is -5.77. The minimum atomic E-state index is -0.0606. The van der Waals surface area contributed by atoms with E-state index in [-0.39, 0.29) is 10.8 Å². The second-order valence-corrected chi connectivity index (χ2v) is 18.4. The van der Waals surface area contributed by atoms with Crippen molar-refractivity contribution in [3.05, 3.63) is 178 Å². The van der Waals surface area contributed by atoms with Gasteiger partial charge in [-0.1, -0.05) is 20.8 Å². The Balaban J connectivity index is 1.17. The van der Waals surface area contributed by atoms with Crippen molar-refractivity contribution < 1.29 is 24.1 Å². The SMILES string of the molecule is CC(C)(C)c1ccnc(N2CCCc3ccc(Oc4[c-]c(-n5[c](=[Pt])n(-c6c(-c7ccccc7)cc(C(C)(C)C)cc6-c6ccccc6)c6ccccc65)ccc4)[c-]c32)c1. The van der Waals surface area contributed by atoms with E-state index in [1.807, 2.05) is 24.4 Å². The molecule has 0 radical (unpaired) electrons. The molecular formula is C53H48N4OPt-2. The first kappa shape index (κ1) is 38.7. The second kappa shape index (κ2) is 15.4. The van der Waals surface area contributed by atoms with Crippen LogP contribution < -0.4 is 9.64 Å². The second-order valence-electron chi connectivity index (χ2n) is 17.4. The van der Waals surface area contributed by atoms with E-state index in [0.717, 1.165) is 57.1 Å². The third-order valence-electron chi connectivity index (χ3n) is 11.3. The maximum absolute atomic E-state index is 6.63. The van der Waals surface area contributed by atoms with Gasteiger partial charge in [-0.25, -0.2) is 0 Å². The molecule has 0 amide bonds. The topological polar surface area (TPSA) is 35.2 Å². The monoisotopic (exact) mass is 951 g/mol. The number of aryl methyl sites for hydroxylation is 1. The number of ether oxygens (including phenoxy) is 1. The molecule has 0 fully saturated rings. The summed E-state index contributed by atoms with van der Waals surface area (Å²) < 4.78 is 12.4. The number of pyridine rings is 1. The Bertz CT molecular complexity index is 2820. The summed E-state index contributed by atoms with van der Waals surface area (Å²) in [6.45, 7) is 14.5. The zero-order valence-corrected chi connectivity index (χ0v) is 36.8. The first-order chi connectivity index (χ1) is 28.4. The van der Waals surface area contributed by atoms with Crippen LogP contribution in [-0.2, 0) is 36.6 Å². The molecule has 298 valence electrons. The van der Waals surface area contributed by atoms with Crippen molar-refractivity contribution in [3.63, 3.8) is 0 Å². The van der Waals surface area contributed by atoms with E-state index >= 15 is 0 Å². The quantitative estimate of drug-likeness (QED) is 0.149. The molecule has 0 atom stereocenters. The number of fused-ring (bicyclic) bond motifs is 2. The van der Waals surface area contributed by atoms with Gasteiger partial charge >= 0.3 is 317 Å². The summed E-state index contributed by atoms with van der Waals surface area (Å²) in [7, 11) is 0. The zero-order chi connectivity index (χ0) is 40.9. The predicted molar refractivity (Wildman–Crippen MR) is 238 cm³/mol. The van der Waals surface area contributed by atoms with Gasteiger partial charge in [0.25, 0.3) is 0 Å². The predicted octanol–water partition coefficient (Wildman–Crippen LogP) is 13.3. The summed E-state index contributed by atoms with van der Waals surface area (Å²) in [5.41, 5.74) is 13.7. The van der Waals surface area contributed by atoms with E-state index in [1.165, 1.54) is 38.9 Å². The number of anilines is 2. The van der Waals surface area contributed by atoms with Crippen molar-refractivity contribution in [1.29, 1.82) is 0 Å². The van der Waals surface area contributed by atoms with E-state index in [1.54, 1.807) is 0 Å². The van der Waals surface area contributed by atoms with Crippen LogP contribution in [0.1, 0.15) is 64.7 Å². The van der Waals surface area contributed by atoms with Crippen LogP contribution in [0.3, 0.4) is 0 Å². The van der Waals surface area contributed by atoms with Crippen LogP contribution in [0, 0.1) is 15.9 Å². The van der Waals surface area contributed by atoms with Crippen molar-refractivity contribution in [3.8, 4) is 45.1 Å². The van der Waals surface area contributed by atoms with Crippen LogP contribution in [0.2, 0.25) is 0 Å². The zero-order valence-electron chi connectivity index (χ0n) is 34.5. The van der Waals surface area contributed by atoms with Gasteiger partial charge in [-0.05, 0) is 17.0 Å². The molecule has 0 spiro atoms. The first-order valence-electron chi connectivity index (χ1n) is 20.4. The normalized spacial score (nSPS) is 13.1.